The Kier molecular flexibility index (Phi) is 5.80. The van der Waals surface area contributed by atoms with E-state index in [1.807, 2.05) is 13.8 Å². The molecule has 0 saturated carbocycles. The number of hydrogen-bond donors (Lipinski definition) is 3. The quantitative estimate of drug-likeness (QED) is 0.653. The molecule has 0 aromatic carbocycles. The van der Waals surface area contributed by atoms with Gasteiger partial charge < -0.3 is 16.4 Å². The fraction of sp³-hybridized carbons (Fsp3) is 0.846. The molecule has 0 aliphatic heterocycles. The van der Waals surface area contributed by atoms with Gasteiger partial charge in [-0.25, -0.2) is 0 Å². The molecule has 2 amide bonds. The Morgan fingerprint density at radius 1 is 1.11 bits per heavy atom. The van der Waals surface area contributed by atoms with Gasteiger partial charge in [-0.2, -0.15) is 0 Å². The standard InChI is InChI=1S/C13H27N3O2/c1-9(2)7-15-10(17)8-16-11(18)12(3,4)13(5,6)14/h9H,7-8,14H2,1-6H3,(H,15,17)(H,16,18). The SMILES string of the molecule is CC(C)CNC(=O)CNC(=O)C(C)(C)C(C)(C)N. The molecule has 0 heterocycles. The van der Waals surface area contributed by atoms with Crippen molar-refractivity contribution in [3.8, 4) is 0 Å². The predicted molar refractivity (Wildman–Crippen MR) is 72.9 cm³/mol. The van der Waals surface area contributed by atoms with Crippen molar-refractivity contribution in [1.82, 2.24) is 10.6 Å². The van der Waals surface area contributed by atoms with Gasteiger partial charge in [0.1, 0.15) is 0 Å². The molecule has 0 aromatic rings. The van der Waals surface area contributed by atoms with E-state index < -0.39 is 11.0 Å². The summed E-state index contributed by atoms with van der Waals surface area (Å²) in [5.41, 5.74) is 4.58. The third kappa shape index (κ3) is 5.04. The second kappa shape index (κ2) is 6.18. The smallest absolute Gasteiger partial charge is 0.239 e. The number of nitrogens with one attached hydrogen (secondary N) is 2. The average molecular weight is 257 g/mol. The van der Waals surface area contributed by atoms with Crippen LogP contribution in [0.5, 0.6) is 0 Å². The van der Waals surface area contributed by atoms with E-state index in [9.17, 15) is 9.59 Å². The first-order valence-electron chi connectivity index (χ1n) is 6.32. The summed E-state index contributed by atoms with van der Waals surface area (Å²) >= 11 is 0. The van der Waals surface area contributed by atoms with Crippen LogP contribution in [0.2, 0.25) is 0 Å². The lowest BCUT2D eigenvalue weighted by atomic mass is 9.74. The van der Waals surface area contributed by atoms with Gasteiger partial charge in [-0.15, -0.1) is 0 Å². The zero-order valence-electron chi connectivity index (χ0n) is 12.4. The highest BCUT2D eigenvalue weighted by atomic mass is 16.2. The predicted octanol–water partition coefficient (Wildman–Crippen LogP) is 0.638. The Morgan fingerprint density at radius 3 is 2.00 bits per heavy atom. The number of amides is 2. The van der Waals surface area contributed by atoms with E-state index in [1.165, 1.54) is 0 Å². The fourth-order valence-electron chi connectivity index (χ4n) is 1.05. The van der Waals surface area contributed by atoms with Crippen LogP contribution in [0.25, 0.3) is 0 Å². The Balaban J connectivity index is 4.23. The second-order valence-corrected chi connectivity index (χ2v) is 6.23. The largest absolute Gasteiger partial charge is 0.354 e. The molecule has 0 saturated heterocycles. The molecule has 0 unspecified atom stereocenters. The van der Waals surface area contributed by atoms with Crippen molar-refractivity contribution in [1.29, 1.82) is 0 Å². The topological polar surface area (TPSA) is 84.2 Å². The molecule has 0 aliphatic carbocycles. The minimum absolute atomic E-state index is 0.00887. The van der Waals surface area contributed by atoms with Gasteiger partial charge in [-0.1, -0.05) is 13.8 Å². The number of carbonyl (C=O) groups excluding carboxylic acids is 2. The molecule has 0 aromatic heterocycles. The van der Waals surface area contributed by atoms with E-state index in [1.54, 1.807) is 27.7 Å². The van der Waals surface area contributed by atoms with Crippen molar-refractivity contribution in [3.63, 3.8) is 0 Å². The Hall–Kier alpha value is -1.10. The molecule has 0 bridgehead atoms. The maximum atomic E-state index is 12.0. The first-order chi connectivity index (χ1) is 7.98. The molecule has 0 atom stereocenters. The summed E-state index contributed by atoms with van der Waals surface area (Å²) in [5, 5.41) is 5.36. The van der Waals surface area contributed by atoms with Crippen LogP contribution in [0, 0.1) is 11.3 Å². The second-order valence-electron chi connectivity index (χ2n) is 6.23. The summed E-state index contributed by atoms with van der Waals surface area (Å²) in [4.78, 5) is 23.5. The summed E-state index contributed by atoms with van der Waals surface area (Å²) in [5.74, 6) is 0.00134. The van der Waals surface area contributed by atoms with Crippen LogP contribution < -0.4 is 16.4 Å². The van der Waals surface area contributed by atoms with Gasteiger partial charge in [-0.3, -0.25) is 9.59 Å². The molecule has 5 heteroatoms. The third-order valence-corrected chi connectivity index (χ3v) is 3.30. The van der Waals surface area contributed by atoms with E-state index >= 15 is 0 Å². The number of nitrogens with two attached hydrogens (primary N) is 1. The first-order valence-corrected chi connectivity index (χ1v) is 6.32. The molecular weight excluding hydrogens is 230 g/mol. The van der Waals surface area contributed by atoms with E-state index in [4.69, 9.17) is 5.73 Å². The monoisotopic (exact) mass is 257 g/mol. The summed E-state index contributed by atoms with van der Waals surface area (Å²) in [7, 11) is 0. The van der Waals surface area contributed by atoms with E-state index in [-0.39, 0.29) is 18.4 Å². The van der Waals surface area contributed by atoms with E-state index in [0.29, 0.717) is 12.5 Å². The van der Waals surface area contributed by atoms with Crippen molar-refractivity contribution in [2.24, 2.45) is 17.1 Å². The van der Waals surface area contributed by atoms with E-state index in [0.717, 1.165) is 0 Å². The fourth-order valence-corrected chi connectivity index (χ4v) is 1.05. The molecule has 5 nitrogen and oxygen atoms in total. The molecule has 0 spiro atoms. The van der Waals surface area contributed by atoms with Crippen molar-refractivity contribution in [2.75, 3.05) is 13.1 Å². The van der Waals surface area contributed by atoms with Crippen LogP contribution in [0.15, 0.2) is 0 Å². The molecule has 0 rings (SSSR count). The first kappa shape index (κ1) is 16.9. The summed E-state index contributed by atoms with van der Waals surface area (Å²) in [6, 6.07) is 0. The Bertz CT molecular complexity index is 304. The Morgan fingerprint density at radius 2 is 1.61 bits per heavy atom. The molecule has 106 valence electrons. The van der Waals surface area contributed by atoms with Gasteiger partial charge >= 0.3 is 0 Å². The highest BCUT2D eigenvalue weighted by Crippen LogP contribution is 2.28. The van der Waals surface area contributed by atoms with Gasteiger partial charge in [0.15, 0.2) is 0 Å². The maximum absolute atomic E-state index is 12.0. The van der Waals surface area contributed by atoms with Crippen LogP contribution in [0.1, 0.15) is 41.5 Å². The van der Waals surface area contributed by atoms with Gasteiger partial charge in [0.2, 0.25) is 11.8 Å². The molecule has 0 fully saturated rings. The zero-order chi connectivity index (χ0) is 14.6. The van der Waals surface area contributed by atoms with Crippen LogP contribution in [-0.2, 0) is 9.59 Å². The third-order valence-electron chi connectivity index (χ3n) is 3.30. The minimum atomic E-state index is -0.731. The van der Waals surface area contributed by atoms with Crippen molar-refractivity contribution in [3.05, 3.63) is 0 Å². The van der Waals surface area contributed by atoms with Crippen molar-refractivity contribution >= 4 is 11.8 Å². The molecule has 0 aliphatic rings. The van der Waals surface area contributed by atoms with Crippen molar-refractivity contribution in [2.45, 2.75) is 47.1 Å². The highest BCUT2D eigenvalue weighted by molar-refractivity contribution is 5.88. The van der Waals surface area contributed by atoms with Gasteiger partial charge in [0, 0.05) is 12.1 Å². The molecule has 4 N–H and O–H groups in total. The van der Waals surface area contributed by atoms with Crippen LogP contribution in [0.3, 0.4) is 0 Å². The van der Waals surface area contributed by atoms with Gasteiger partial charge in [0.25, 0.3) is 0 Å². The van der Waals surface area contributed by atoms with Gasteiger partial charge in [-0.05, 0) is 33.6 Å². The zero-order valence-corrected chi connectivity index (χ0v) is 12.4. The lowest BCUT2D eigenvalue weighted by molar-refractivity contribution is -0.134. The van der Waals surface area contributed by atoms with Crippen LogP contribution in [0.4, 0.5) is 0 Å². The number of carbonyl (C=O) groups is 2. The Labute approximate surface area is 110 Å². The minimum Gasteiger partial charge on any atom is -0.354 e. The molecule has 18 heavy (non-hydrogen) atoms. The summed E-state index contributed by atoms with van der Waals surface area (Å²) in [6.07, 6.45) is 0. The summed E-state index contributed by atoms with van der Waals surface area (Å²) < 4.78 is 0. The lowest BCUT2D eigenvalue weighted by Crippen LogP contribution is -2.56. The number of hydrogen-bond acceptors (Lipinski definition) is 3. The molecular formula is C13H27N3O2. The maximum Gasteiger partial charge on any atom is 0.239 e. The molecule has 0 radical (unpaired) electrons. The van der Waals surface area contributed by atoms with Crippen LogP contribution in [-0.4, -0.2) is 30.4 Å². The lowest BCUT2D eigenvalue weighted by Gasteiger charge is -2.36. The van der Waals surface area contributed by atoms with Gasteiger partial charge in [0.05, 0.1) is 12.0 Å². The average Bonchev–Trinajstić information content (AvgIpc) is 2.21. The number of rotatable bonds is 6. The summed E-state index contributed by atoms with van der Waals surface area (Å²) in [6.45, 7) is 11.8. The van der Waals surface area contributed by atoms with Crippen LogP contribution >= 0.6 is 0 Å². The van der Waals surface area contributed by atoms with E-state index in [2.05, 4.69) is 10.6 Å². The normalized spacial score (nSPS) is 12.4. The highest BCUT2D eigenvalue weighted by Gasteiger charge is 2.40. The van der Waals surface area contributed by atoms with Crippen molar-refractivity contribution < 1.29 is 9.59 Å².